The molecule has 0 aliphatic carbocycles. The molecule has 0 aromatic heterocycles. The summed E-state index contributed by atoms with van der Waals surface area (Å²) in [7, 11) is -2.58. The van der Waals surface area contributed by atoms with Gasteiger partial charge in [0, 0.05) is 13.1 Å². The van der Waals surface area contributed by atoms with Crippen LogP contribution in [-0.2, 0) is 19.6 Å². The fourth-order valence-electron chi connectivity index (χ4n) is 4.48. The van der Waals surface area contributed by atoms with Crippen molar-refractivity contribution in [1.29, 1.82) is 0 Å². The van der Waals surface area contributed by atoms with Crippen molar-refractivity contribution in [3.05, 3.63) is 53.6 Å². The number of ether oxygens (including phenoxy) is 2. The first kappa shape index (κ1) is 27.2. The highest BCUT2D eigenvalue weighted by atomic mass is 32.2. The van der Waals surface area contributed by atoms with E-state index in [1.807, 2.05) is 12.1 Å². The summed E-state index contributed by atoms with van der Waals surface area (Å²) in [6, 6.07) is 14.8. The molecule has 1 unspecified atom stereocenters. The number of carbonyl (C=O) groups is 1. The zero-order chi connectivity index (χ0) is 25.8. The van der Waals surface area contributed by atoms with Crippen LogP contribution in [0.25, 0.3) is 11.1 Å². The lowest BCUT2D eigenvalue weighted by atomic mass is 9.87. The molecule has 6 nitrogen and oxygen atoms in total. The van der Waals surface area contributed by atoms with E-state index in [2.05, 4.69) is 51.1 Å². The predicted molar refractivity (Wildman–Crippen MR) is 140 cm³/mol. The molecule has 1 atom stereocenters. The molecule has 0 saturated carbocycles. The van der Waals surface area contributed by atoms with Crippen LogP contribution in [0.5, 0.6) is 5.75 Å². The number of piperidine rings is 1. The standard InChI is InChI=1S/C28H39NO5S/c1-7-20(2)19-34-25-10-8-9-24(18-25)26-12-11-23(17-21(26)3)22-13-15-29(16-14-22)35(31,32)28(4,5)27(30)33-6/h8-12,17-18,20,22H,7,13-16,19H2,1-6H3. The van der Waals surface area contributed by atoms with Gasteiger partial charge in [-0.3, -0.25) is 4.79 Å². The van der Waals surface area contributed by atoms with E-state index in [0.29, 0.717) is 38.5 Å². The van der Waals surface area contributed by atoms with E-state index >= 15 is 0 Å². The molecule has 1 heterocycles. The largest absolute Gasteiger partial charge is 0.493 e. The SMILES string of the molecule is CCC(C)COc1cccc(-c2ccc(C3CCN(S(=O)(=O)C(C)(C)C(=O)OC)CC3)cc2C)c1. The maximum atomic E-state index is 13.0. The van der Waals surface area contributed by atoms with Crippen LogP contribution in [0.1, 0.15) is 64.0 Å². The molecule has 0 N–H and O–H groups in total. The first-order valence-corrected chi connectivity index (χ1v) is 13.9. The van der Waals surface area contributed by atoms with Crippen LogP contribution in [0.3, 0.4) is 0 Å². The predicted octanol–water partition coefficient (Wildman–Crippen LogP) is 5.55. The molecule has 0 amide bonds. The quantitative estimate of drug-likeness (QED) is 0.421. The molecule has 3 rings (SSSR count). The second-order valence-electron chi connectivity index (χ2n) is 10.1. The number of esters is 1. The Morgan fingerprint density at radius 3 is 2.43 bits per heavy atom. The van der Waals surface area contributed by atoms with Gasteiger partial charge in [-0.15, -0.1) is 0 Å². The topological polar surface area (TPSA) is 72.9 Å². The van der Waals surface area contributed by atoms with Gasteiger partial charge in [0.2, 0.25) is 10.0 Å². The number of benzene rings is 2. The van der Waals surface area contributed by atoms with Gasteiger partial charge in [0.25, 0.3) is 0 Å². The van der Waals surface area contributed by atoms with E-state index < -0.39 is 20.7 Å². The summed E-state index contributed by atoms with van der Waals surface area (Å²) in [5, 5.41) is 0. The van der Waals surface area contributed by atoms with Crippen molar-refractivity contribution >= 4 is 16.0 Å². The lowest BCUT2D eigenvalue weighted by molar-refractivity contribution is -0.142. The van der Waals surface area contributed by atoms with Crippen LogP contribution >= 0.6 is 0 Å². The smallest absolute Gasteiger partial charge is 0.328 e. The second kappa shape index (κ2) is 11.1. The van der Waals surface area contributed by atoms with E-state index in [4.69, 9.17) is 9.47 Å². The van der Waals surface area contributed by atoms with Crippen LogP contribution in [0.15, 0.2) is 42.5 Å². The third-order valence-corrected chi connectivity index (χ3v) is 9.72. The Bertz CT molecular complexity index is 1130. The minimum absolute atomic E-state index is 0.278. The van der Waals surface area contributed by atoms with Crippen molar-refractivity contribution in [2.75, 3.05) is 26.8 Å². The summed E-state index contributed by atoms with van der Waals surface area (Å²) in [4.78, 5) is 12.1. The summed E-state index contributed by atoms with van der Waals surface area (Å²) in [5.41, 5.74) is 4.70. The first-order valence-electron chi connectivity index (χ1n) is 12.4. The van der Waals surface area contributed by atoms with Gasteiger partial charge in [0.05, 0.1) is 13.7 Å². The maximum absolute atomic E-state index is 13.0. The Labute approximate surface area is 210 Å². The van der Waals surface area contributed by atoms with Crippen LogP contribution in [0, 0.1) is 12.8 Å². The van der Waals surface area contributed by atoms with Crippen molar-refractivity contribution in [3.8, 4) is 16.9 Å². The lowest BCUT2D eigenvalue weighted by Gasteiger charge is -2.35. The highest BCUT2D eigenvalue weighted by molar-refractivity contribution is 7.91. The monoisotopic (exact) mass is 501 g/mol. The maximum Gasteiger partial charge on any atom is 0.328 e. The fourth-order valence-corrected chi connectivity index (χ4v) is 6.11. The van der Waals surface area contributed by atoms with Gasteiger partial charge >= 0.3 is 5.97 Å². The number of methoxy groups -OCH3 is 1. The van der Waals surface area contributed by atoms with E-state index in [1.165, 1.54) is 42.0 Å². The average molecular weight is 502 g/mol. The van der Waals surface area contributed by atoms with Crippen LogP contribution in [0.4, 0.5) is 0 Å². The fraction of sp³-hybridized carbons (Fsp3) is 0.536. The van der Waals surface area contributed by atoms with Crippen LogP contribution in [-0.4, -0.2) is 50.2 Å². The number of carbonyl (C=O) groups excluding carboxylic acids is 1. The molecule has 0 radical (unpaired) electrons. The zero-order valence-corrected chi connectivity index (χ0v) is 22.7. The number of nitrogens with zero attached hydrogens (tertiary/aromatic N) is 1. The molecule has 2 aromatic carbocycles. The Morgan fingerprint density at radius 1 is 1.14 bits per heavy atom. The molecule has 1 fully saturated rings. The van der Waals surface area contributed by atoms with Crippen molar-refractivity contribution in [3.63, 3.8) is 0 Å². The minimum Gasteiger partial charge on any atom is -0.493 e. The van der Waals surface area contributed by atoms with Crippen molar-refractivity contribution < 1.29 is 22.7 Å². The number of aryl methyl sites for hydroxylation is 1. The van der Waals surface area contributed by atoms with Gasteiger partial charge < -0.3 is 9.47 Å². The first-order chi connectivity index (χ1) is 16.5. The number of rotatable bonds is 9. The molecule has 7 heteroatoms. The molecular formula is C28H39NO5S. The average Bonchev–Trinajstić information content (AvgIpc) is 2.86. The summed E-state index contributed by atoms with van der Waals surface area (Å²) in [5.74, 6) is 0.947. The van der Waals surface area contributed by atoms with Gasteiger partial charge in [0.1, 0.15) is 5.75 Å². The third-order valence-electron chi connectivity index (χ3n) is 7.21. The summed E-state index contributed by atoms with van der Waals surface area (Å²) < 4.78 is 36.6. The Morgan fingerprint density at radius 2 is 1.83 bits per heavy atom. The molecule has 1 aliphatic rings. The van der Waals surface area contributed by atoms with Gasteiger partial charge in [0.15, 0.2) is 4.75 Å². The van der Waals surface area contributed by atoms with E-state index in [-0.39, 0.29) is 5.92 Å². The van der Waals surface area contributed by atoms with E-state index in [9.17, 15) is 13.2 Å². The van der Waals surface area contributed by atoms with Crippen molar-refractivity contribution in [2.24, 2.45) is 5.92 Å². The zero-order valence-electron chi connectivity index (χ0n) is 21.8. The lowest BCUT2D eigenvalue weighted by Crippen LogP contribution is -2.52. The van der Waals surface area contributed by atoms with Gasteiger partial charge in [-0.1, -0.05) is 50.6 Å². The summed E-state index contributed by atoms with van der Waals surface area (Å²) >= 11 is 0. The van der Waals surface area contributed by atoms with Gasteiger partial charge in [-0.05, 0) is 79.8 Å². The molecule has 1 aliphatic heterocycles. The summed E-state index contributed by atoms with van der Waals surface area (Å²) in [6.07, 6.45) is 2.52. The number of hydrogen-bond donors (Lipinski definition) is 0. The third kappa shape index (κ3) is 5.89. The normalized spacial score (nSPS) is 16.6. The van der Waals surface area contributed by atoms with Crippen LogP contribution in [0.2, 0.25) is 0 Å². The minimum atomic E-state index is -3.80. The van der Waals surface area contributed by atoms with E-state index in [1.54, 1.807) is 0 Å². The molecule has 1 saturated heterocycles. The van der Waals surface area contributed by atoms with Crippen LogP contribution < -0.4 is 4.74 Å². The Kier molecular flexibility index (Phi) is 8.65. The molecule has 192 valence electrons. The van der Waals surface area contributed by atoms with Crippen molar-refractivity contribution in [1.82, 2.24) is 4.31 Å². The molecule has 35 heavy (non-hydrogen) atoms. The van der Waals surface area contributed by atoms with Crippen molar-refractivity contribution in [2.45, 2.75) is 64.5 Å². The number of hydrogen-bond acceptors (Lipinski definition) is 5. The molecular weight excluding hydrogens is 462 g/mol. The second-order valence-corrected chi connectivity index (χ2v) is 12.6. The highest BCUT2D eigenvalue weighted by Gasteiger charge is 2.47. The van der Waals surface area contributed by atoms with Gasteiger partial charge in [-0.25, -0.2) is 12.7 Å². The van der Waals surface area contributed by atoms with E-state index in [0.717, 1.165) is 17.7 Å². The molecule has 2 aromatic rings. The molecule has 0 bridgehead atoms. The summed E-state index contributed by atoms with van der Waals surface area (Å²) in [6.45, 7) is 10.8. The molecule has 0 spiro atoms. The Balaban J connectivity index is 1.70. The van der Waals surface area contributed by atoms with Gasteiger partial charge in [-0.2, -0.15) is 0 Å². The highest BCUT2D eigenvalue weighted by Crippen LogP contribution is 2.35. The Hall–Kier alpha value is -2.38. The number of sulfonamides is 1.